The largest absolute Gasteiger partial charge is 0.497 e. The molecule has 8 heteroatoms. The van der Waals surface area contributed by atoms with Gasteiger partial charge in [-0.15, -0.1) is 11.8 Å². The quantitative estimate of drug-likeness (QED) is 0.747. The molecule has 0 aliphatic carbocycles. The maximum atomic E-state index is 13.0. The molecular formula is C24H30N4O3S. The number of hydrogen-bond acceptors (Lipinski definition) is 5. The minimum absolute atomic E-state index is 0.0538. The highest BCUT2D eigenvalue weighted by Gasteiger charge is 2.30. The number of hydrogen-bond donors (Lipinski definition) is 1. The molecule has 1 aromatic carbocycles. The zero-order valence-corrected chi connectivity index (χ0v) is 19.5. The van der Waals surface area contributed by atoms with Gasteiger partial charge in [0.2, 0.25) is 0 Å². The normalized spacial score (nSPS) is 16.8. The van der Waals surface area contributed by atoms with Crippen molar-refractivity contribution in [1.29, 1.82) is 0 Å². The lowest BCUT2D eigenvalue weighted by molar-refractivity contribution is 0.0799. The number of thioether (sulfide) groups is 1. The molecular weight excluding hydrogens is 424 g/mol. The number of nitrogens with one attached hydrogen (secondary N) is 1. The van der Waals surface area contributed by atoms with E-state index in [9.17, 15) is 9.59 Å². The van der Waals surface area contributed by atoms with Crippen molar-refractivity contribution in [2.24, 2.45) is 0 Å². The number of piperidine rings is 1. The summed E-state index contributed by atoms with van der Waals surface area (Å²) in [5.41, 5.74) is 3.57. The van der Waals surface area contributed by atoms with Gasteiger partial charge in [-0.2, -0.15) is 0 Å². The first-order valence-corrected chi connectivity index (χ1v) is 12.2. The number of amides is 3. The Morgan fingerprint density at radius 1 is 1.09 bits per heavy atom. The van der Waals surface area contributed by atoms with Gasteiger partial charge in [0.25, 0.3) is 5.91 Å². The Hall–Kier alpha value is -2.74. The van der Waals surface area contributed by atoms with E-state index in [0.29, 0.717) is 19.6 Å². The Kier molecular flexibility index (Phi) is 7.19. The molecule has 0 spiro atoms. The third-order valence-corrected chi connectivity index (χ3v) is 7.07. The molecule has 3 heterocycles. The second-order valence-electron chi connectivity index (χ2n) is 8.26. The number of aryl methyl sites for hydroxylation is 1. The average Bonchev–Trinajstić information content (AvgIpc) is 3.37. The number of urea groups is 1. The number of ether oxygens (including phenoxy) is 1. The molecule has 170 valence electrons. The monoisotopic (exact) mass is 454 g/mol. The van der Waals surface area contributed by atoms with E-state index >= 15 is 0 Å². The van der Waals surface area contributed by atoms with Crippen LogP contribution in [0.25, 0.3) is 0 Å². The summed E-state index contributed by atoms with van der Waals surface area (Å²) in [5.74, 6) is 2.81. The zero-order chi connectivity index (χ0) is 22.5. The number of carbonyl (C=O) groups excluding carboxylic acids is 2. The Morgan fingerprint density at radius 2 is 1.84 bits per heavy atom. The van der Waals surface area contributed by atoms with Gasteiger partial charge < -0.3 is 19.9 Å². The standard InChI is InChI=1S/C24H30N4O3S/c1-17-3-8-21(23(29)28-13-14-32-16-28)22(26-17)19-9-11-27(12-10-19)24(30)25-15-18-4-6-20(31-2)7-5-18/h3-8,19H,9-16H2,1-2H3,(H,25,30). The van der Waals surface area contributed by atoms with Gasteiger partial charge in [-0.3, -0.25) is 9.78 Å². The summed E-state index contributed by atoms with van der Waals surface area (Å²) >= 11 is 1.79. The molecule has 2 aliphatic rings. The van der Waals surface area contributed by atoms with Crippen LogP contribution in [0.3, 0.4) is 0 Å². The van der Waals surface area contributed by atoms with Gasteiger partial charge >= 0.3 is 6.03 Å². The molecule has 4 rings (SSSR count). The molecule has 0 unspecified atom stereocenters. The maximum Gasteiger partial charge on any atom is 0.317 e. The number of methoxy groups -OCH3 is 1. The minimum atomic E-state index is -0.0538. The fourth-order valence-corrected chi connectivity index (χ4v) is 5.15. The Balaban J connectivity index is 1.35. The van der Waals surface area contributed by atoms with Crippen LogP contribution >= 0.6 is 11.8 Å². The lowest BCUT2D eigenvalue weighted by Gasteiger charge is -2.32. The molecule has 0 radical (unpaired) electrons. The lowest BCUT2D eigenvalue weighted by atomic mass is 9.90. The third kappa shape index (κ3) is 5.18. The molecule has 0 atom stereocenters. The van der Waals surface area contributed by atoms with Crippen LogP contribution in [0.5, 0.6) is 5.75 Å². The van der Waals surface area contributed by atoms with E-state index < -0.39 is 0 Å². The van der Waals surface area contributed by atoms with E-state index in [2.05, 4.69) is 5.32 Å². The fraction of sp³-hybridized carbons (Fsp3) is 0.458. The predicted octanol–water partition coefficient (Wildman–Crippen LogP) is 3.63. The van der Waals surface area contributed by atoms with E-state index in [4.69, 9.17) is 9.72 Å². The molecule has 2 saturated heterocycles. The van der Waals surface area contributed by atoms with Crippen molar-refractivity contribution >= 4 is 23.7 Å². The third-order valence-electron chi connectivity index (χ3n) is 6.11. The van der Waals surface area contributed by atoms with Crippen LogP contribution in [0.2, 0.25) is 0 Å². The van der Waals surface area contributed by atoms with Crippen molar-refractivity contribution in [3.05, 3.63) is 58.9 Å². The predicted molar refractivity (Wildman–Crippen MR) is 126 cm³/mol. The van der Waals surface area contributed by atoms with Gasteiger partial charge in [-0.05, 0) is 49.6 Å². The second-order valence-corrected chi connectivity index (χ2v) is 9.33. The number of carbonyl (C=O) groups is 2. The Labute approximate surface area is 193 Å². The topological polar surface area (TPSA) is 74.8 Å². The molecule has 2 fully saturated rings. The van der Waals surface area contributed by atoms with Crippen LogP contribution in [-0.2, 0) is 6.54 Å². The van der Waals surface area contributed by atoms with E-state index in [1.807, 2.05) is 53.1 Å². The van der Waals surface area contributed by atoms with Crippen LogP contribution in [0.15, 0.2) is 36.4 Å². The number of rotatable bonds is 5. The van der Waals surface area contributed by atoms with Crippen LogP contribution in [0.1, 0.15) is 46.1 Å². The van der Waals surface area contributed by atoms with Gasteiger partial charge in [0.1, 0.15) is 5.75 Å². The van der Waals surface area contributed by atoms with E-state index in [1.54, 1.807) is 18.9 Å². The first-order valence-electron chi connectivity index (χ1n) is 11.1. The van der Waals surface area contributed by atoms with Crippen LogP contribution in [0.4, 0.5) is 4.79 Å². The summed E-state index contributed by atoms with van der Waals surface area (Å²) in [7, 11) is 1.64. The molecule has 1 N–H and O–H groups in total. The van der Waals surface area contributed by atoms with Gasteiger partial charge in [0.05, 0.1) is 24.2 Å². The van der Waals surface area contributed by atoms with Crippen LogP contribution in [-0.4, -0.2) is 65.1 Å². The number of likely N-dealkylation sites (tertiary alicyclic amines) is 1. The SMILES string of the molecule is COc1ccc(CNC(=O)N2CCC(c3nc(C)ccc3C(=O)N3CCSC3)CC2)cc1. The smallest absolute Gasteiger partial charge is 0.317 e. The number of benzene rings is 1. The lowest BCUT2D eigenvalue weighted by Crippen LogP contribution is -2.44. The van der Waals surface area contributed by atoms with Crippen LogP contribution in [0, 0.1) is 6.92 Å². The second kappa shape index (κ2) is 10.3. The highest BCUT2D eigenvalue weighted by atomic mass is 32.2. The average molecular weight is 455 g/mol. The molecule has 3 amide bonds. The Bertz CT molecular complexity index is 952. The molecule has 2 aliphatic heterocycles. The number of pyridine rings is 1. The van der Waals surface area contributed by atoms with Crippen molar-refractivity contribution in [2.75, 3.05) is 38.4 Å². The first-order chi connectivity index (χ1) is 15.5. The van der Waals surface area contributed by atoms with Gasteiger partial charge in [-0.25, -0.2) is 4.79 Å². The summed E-state index contributed by atoms with van der Waals surface area (Å²) in [5, 5.41) is 3.00. The summed E-state index contributed by atoms with van der Waals surface area (Å²) < 4.78 is 5.17. The van der Waals surface area contributed by atoms with Crippen molar-refractivity contribution in [1.82, 2.24) is 20.1 Å². The molecule has 1 aromatic heterocycles. The zero-order valence-electron chi connectivity index (χ0n) is 18.7. The molecule has 7 nitrogen and oxygen atoms in total. The van der Waals surface area contributed by atoms with E-state index in [1.165, 1.54) is 0 Å². The van der Waals surface area contributed by atoms with Gasteiger partial charge in [0, 0.05) is 43.5 Å². The van der Waals surface area contributed by atoms with Crippen molar-refractivity contribution in [2.45, 2.75) is 32.2 Å². The fourth-order valence-electron chi connectivity index (χ4n) is 4.20. The number of nitrogens with zero attached hydrogens (tertiary/aromatic N) is 3. The summed E-state index contributed by atoms with van der Waals surface area (Å²) in [6, 6.07) is 11.5. The first kappa shape index (κ1) is 22.5. The molecule has 2 aromatic rings. The molecule has 32 heavy (non-hydrogen) atoms. The summed E-state index contributed by atoms with van der Waals surface area (Å²) in [6.07, 6.45) is 1.61. The summed E-state index contributed by atoms with van der Waals surface area (Å²) in [6.45, 7) is 4.55. The highest BCUT2D eigenvalue weighted by Crippen LogP contribution is 2.31. The highest BCUT2D eigenvalue weighted by molar-refractivity contribution is 7.99. The minimum Gasteiger partial charge on any atom is -0.497 e. The van der Waals surface area contributed by atoms with Gasteiger partial charge in [-0.1, -0.05) is 12.1 Å². The van der Waals surface area contributed by atoms with Crippen molar-refractivity contribution in [3.63, 3.8) is 0 Å². The summed E-state index contributed by atoms with van der Waals surface area (Å²) in [4.78, 5) is 34.2. The van der Waals surface area contributed by atoms with E-state index in [0.717, 1.165) is 59.3 Å². The Morgan fingerprint density at radius 3 is 2.50 bits per heavy atom. The van der Waals surface area contributed by atoms with E-state index in [-0.39, 0.29) is 17.9 Å². The van der Waals surface area contributed by atoms with Gasteiger partial charge in [0.15, 0.2) is 0 Å². The van der Waals surface area contributed by atoms with Crippen molar-refractivity contribution < 1.29 is 14.3 Å². The maximum absolute atomic E-state index is 13.0. The molecule has 0 saturated carbocycles. The number of aromatic nitrogens is 1. The van der Waals surface area contributed by atoms with Crippen molar-refractivity contribution in [3.8, 4) is 5.75 Å². The molecule has 0 bridgehead atoms. The van der Waals surface area contributed by atoms with Crippen LogP contribution < -0.4 is 10.1 Å².